The lowest BCUT2D eigenvalue weighted by Gasteiger charge is -2.24. The molecule has 4 rings (SSSR count). The normalized spacial score (nSPS) is 16.3. The van der Waals surface area contributed by atoms with Gasteiger partial charge in [0.15, 0.2) is 0 Å². The minimum Gasteiger partial charge on any atom is -0.280 e. The second-order valence-electron chi connectivity index (χ2n) is 7.43. The van der Waals surface area contributed by atoms with Crippen LogP contribution in [0.2, 0.25) is 0 Å². The standard InChI is InChI=1S/C22H22N2O4S2/c1-16-7-11-20(12-8-16)29(25,26)23-19-9-13-21(14-10-19)30(27,28)24-17(2)15-18-5-3-4-6-22(18)24/h3-14,17,23H,15H2,1-2H3. The van der Waals surface area contributed by atoms with Crippen molar-refractivity contribution in [1.82, 2.24) is 0 Å². The van der Waals surface area contributed by atoms with Gasteiger partial charge in [-0.25, -0.2) is 16.8 Å². The Kier molecular flexibility index (Phi) is 5.07. The van der Waals surface area contributed by atoms with Gasteiger partial charge in [-0.2, -0.15) is 0 Å². The van der Waals surface area contributed by atoms with Crippen LogP contribution in [0.5, 0.6) is 0 Å². The Balaban J connectivity index is 1.60. The molecule has 8 heteroatoms. The van der Waals surface area contributed by atoms with Crippen LogP contribution in [-0.2, 0) is 26.5 Å². The molecule has 156 valence electrons. The molecular weight excluding hydrogens is 420 g/mol. The Labute approximate surface area is 177 Å². The third-order valence-corrected chi connectivity index (χ3v) is 8.48. The molecule has 0 radical (unpaired) electrons. The zero-order valence-electron chi connectivity index (χ0n) is 16.6. The second kappa shape index (κ2) is 7.45. The van der Waals surface area contributed by atoms with Crippen molar-refractivity contribution in [2.45, 2.75) is 36.1 Å². The maximum Gasteiger partial charge on any atom is 0.264 e. The Hall–Kier alpha value is -2.84. The molecule has 0 saturated heterocycles. The molecule has 3 aromatic rings. The quantitative estimate of drug-likeness (QED) is 0.649. The lowest BCUT2D eigenvalue weighted by molar-refractivity contribution is 0.584. The lowest BCUT2D eigenvalue weighted by atomic mass is 10.1. The number of rotatable bonds is 5. The van der Waals surface area contributed by atoms with Gasteiger partial charge < -0.3 is 0 Å². The third kappa shape index (κ3) is 3.68. The molecule has 6 nitrogen and oxygen atoms in total. The highest BCUT2D eigenvalue weighted by molar-refractivity contribution is 7.93. The van der Waals surface area contributed by atoms with Gasteiger partial charge in [0.1, 0.15) is 0 Å². The van der Waals surface area contributed by atoms with Crippen molar-refractivity contribution in [2.75, 3.05) is 9.03 Å². The highest BCUT2D eigenvalue weighted by Crippen LogP contribution is 2.36. The Morgan fingerprint density at radius 1 is 0.833 bits per heavy atom. The highest BCUT2D eigenvalue weighted by atomic mass is 32.2. The van der Waals surface area contributed by atoms with Crippen molar-refractivity contribution in [3.63, 3.8) is 0 Å². The molecular formula is C22H22N2O4S2. The number of para-hydroxylation sites is 1. The first-order valence-corrected chi connectivity index (χ1v) is 12.4. The van der Waals surface area contributed by atoms with Gasteiger partial charge in [0.2, 0.25) is 0 Å². The zero-order chi connectivity index (χ0) is 21.5. The van der Waals surface area contributed by atoms with E-state index in [1.54, 1.807) is 18.2 Å². The fraction of sp³-hybridized carbons (Fsp3) is 0.182. The van der Waals surface area contributed by atoms with Crippen LogP contribution in [0.25, 0.3) is 0 Å². The summed E-state index contributed by atoms with van der Waals surface area (Å²) in [7, 11) is -7.52. The van der Waals surface area contributed by atoms with E-state index in [9.17, 15) is 16.8 Å². The van der Waals surface area contributed by atoms with Gasteiger partial charge in [-0.1, -0.05) is 35.9 Å². The maximum atomic E-state index is 13.2. The van der Waals surface area contributed by atoms with E-state index in [0.717, 1.165) is 11.1 Å². The Bertz CT molecular complexity index is 1280. The number of nitrogens with zero attached hydrogens (tertiary/aromatic N) is 1. The average Bonchev–Trinajstić information content (AvgIpc) is 3.05. The van der Waals surface area contributed by atoms with Gasteiger partial charge in [-0.05, 0) is 68.3 Å². The van der Waals surface area contributed by atoms with Crippen molar-refractivity contribution in [3.8, 4) is 0 Å². The molecule has 30 heavy (non-hydrogen) atoms. The zero-order valence-corrected chi connectivity index (χ0v) is 18.2. The average molecular weight is 443 g/mol. The van der Waals surface area contributed by atoms with Crippen molar-refractivity contribution in [3.05, 3.63) is 83.9 Å². The summed E-state index contributed by atoms with van der Waals surface area (Å²) in [4.78, 5) is 0.261. The smallest absolute Gasteiger partial charge is 0.264 e. The van der Waals surface area contributed by atoms with Crippen LogP contribution in [0.4, 0.5) is 11.4 Å². The number of fused-ring (bicyclic) bond motifs is 1. The van der Waals surface area contributed by atoms with Gasteiger partial charge >= 0.3 is 0 Å². The van der Waals surface area contributed by atoms with Crippen molar-refractivity contribution >= 4 is 31.4 Å². The van der Waals surface area contributed by atoms with Crippen LogP contribution in [0.1, 0.15) is 18.1 Å². The molecule has 0 amide bonds. The first-order valence-electron chi connectivity index (χ1n) is 9.50. The van der Waals surface area contributed by atoms with E-state index < -0.39 is 20.0 Å². The van der Waals surface area contributed by atoms with Gasteiger partial charge in [-0.15, -0.1) is 0 Å². The Morgan fingerprint density at radius 2 is 1.43 bits per heavy atom. The number of nitrogens with one attached hydrogen (secondary N) is 1. The Morgan fingerprint density at radius 3 is 2.10 bits per heavy atom. The van der Waals surface area contributed by atoms with E-state index in [-0.39, 0.29) is 15.8 Å². The first kappa shape index (κ1) is 20.4. The monoisotopic (exact) mass is 442 g/mol. The summed E-state index contributed by atoms with van der Waals surface area (Å²) >= 11 is 0. The summed E-state index contributed by atoms with van der Waals surface area (Å²) in [6.45, 7) is 3.75. The minimum absolute atomic E-state index is 0.115. The van der Waals surface area contributed by atoms with Crippen LogP contribution in [0.3, 0.4) is 0 Å². The summed E-state index contributed by atoms with van der Waals surface area (Å²) in [5.74, 6) is 0. The summed E-state index contributed by atoms with van der Waals surface area (Å²) in [5.41, 5.74) is 2.94. The number of benzene rings is 3. The van der Waals surface area contributed by atoms with E-state index >= 15 is 0 Å². The maximum absolute atomic E-state index is 13.2. The summed E-state index contributed by atoms with van der Waals surface area (Å²) in [6, 6.07) is 19.6. The van der Waals surface area contributed by atoms with E-state index in [2.05, 4.69) is 4.72 Å². The lowest BCUT2D eigenvalue weighted by Crippen LogP contribution is -2.35. The molecule has 1 aliphatic heterocycles. The van der Waals surface area contributed by atoms with E-state index in [0.29, 0.717) is 17.8 Å². The molecule has 1 atom stereocenters. The molecule has 3 aromatic carbocycles. The fourth-order valence-electron chi connectivity index (χ4n) is 3.64. The van der Waals surface area contributed by atoms with Crippen LogP contribution < -0.4 is 9.03 Å². The number of anilines is 2. The number of hydrogen-bond acceptors (Lipinski definition) is 4. The van der Waals surface area contributed by atoms with E-state index in [1.807, 2.05) is 32.0 Å². The topological polar surface area (TPSA) is 83.5 Å². The van der Waals surface area contributed by atoms with Gasteiger partial charge in [0.05, 0.1) is 15.5 Å². The second-order valence-corrected chi connectivity index (χ2v) is 10.9. The van der Waals surface area contributed by atoms with Crippen LogP contribution in [0, 0.1) is 6.92 Å². The molecule has 1 heterocycles. The SMILES string of the molecule is Cc1ccc(S(=O)(=O)Nc2ccc(S(=O)(=O)N3c4ccccc4CC3C)cc2)cc1. The summed E-state index contributed by atoms with van der Waals surface area (Å²) in [6.07, 6.45) is 0.657. The molecule has 0 aromatic heterocycles. The molecule has 0 aliphatic carbocycles. The number of sulfonamides is 2. The predicted molar refractivity (Wildman–Crippen MR) is 118 cm³/mol. The molecule has 1 aliphatic rings. The van der Waals surface area contributed by atoms with Crippen LogP contribution in [0.15, 0.2) is 82.6 Å². The minimum atomic E-state index is -3.76. The fourth-order valence-corrected chi connectivity index (χ4v) is 6.39. The van der Waals surface area contributed by atoms with E-state index in [4.69, 9.17) is 0 Å². The number of aryl methyl sites for hydroxylation is 1. The molecule has 0 bridgehead atoms. The van der Waals surface area contributed by atoms with Crippen molar-refractivity contribution in [1.29, 1.82) is 0 Å². The summed E-state index contributed by atoms with van der Waals surface area (Å²) < 4.78 is 55.5. The molecule has 1 unspecified atom stereocenters. The summed E-state index contributed by atoms with van der Waals surface area (Å²) in [5, 5.41) is 0. The van der Waals surface area contributed by atoms with Crippen molar-refractivity contribution in [2.24, 2.45) is 0 Å². The van der Waals surface area contributed by atoms with Crippen molar-refractivity contribution < 1.29 is 16.8 Å². The highest BCUT2D eigenvalue weighted by Gasteiger charge is 2.35. The van der Waals surface area contributed by atoms with Gasteiger partial charge in [0, 0.05) is 11.7 Å². The van der Waals surface area contributed by atoms with Crippen LogP contribution >= 0.6 is 0 Å². The van der Waals surface area contributed by atoms with E-state index in [1.165, 1.54) is 40.7 Å². The van der Waals surface area contributed by atoms with Gasteiger partial charge in [0.25, 0.3) is 20.0 Å². The predicted octanol–water partition coefficient (Wildman–Crippen LogP) is 3.94. The number of hydrogen-bond donors (Lipinski definition) is 1. The van der Waals surface area contributed by atoms with Crippen LogP contribution in [-0.4, -0.2) is 22.9 Å². The molecule has 0 spiro atoms. The first-order chi connectivity index (χ1) is 14.2. The third-order valence-electron chi connectivity index (χ3n) is 5.14. The largest absolute Gasteiger partial charge is 0.280 e. The van der Waals surface area contributed by atoms with Gasteiger partial charge in [-0.3, -0.25) is 9.03 Å². The molecule has 0 saturated carbocycles. The molecule has 0 fully saturated rings. The molecule has 1 N–H and O–H groups in total.